The third-order valence-electron chi connectivity index (χ3n) is 20.7. The molecule has 0 aliphatic carbocycles. The average Bonchev–Trinajstić information content (AvgIpc) is 1.55. The molecular formula is C64H86N20O31P4S4-4. The standard InChI is InChI=1S/C64H90N20O31P4S4/c1-9-31-38(42(98-13-10-95-6)57(108-31)82-24-71-35-48(66)69-23-70-49(35)82)113-117(92,121)103-21-33-40(44(100-15-12-97-8)58(110-33)83-25-72-36-50(83)75-60(67)77-53(36)87)115-118(93,122)104-20-32-39(43(99-14-11-96-7)56(109-32)81-17-28(3)52(86)79-63(81)90)114-116(91,120)102-18-29(4)106-41-34(19-101-55(41)80-16-27(2)47(65)74-62(80)89)112-119(94,123)105-22-64-30(5)107-45(46(64)85)59(111-64)84-26-73-37-51(84)76-61(68)78-54(37)88/h16-17,23-26,29-34,38-46,55-59,85H,9-15,18-22H2,1-8H3,(H,91,120)(H,92,121)(H,93,122)(H,94,123)(H2,65,74,89)(H2,66,69,70)(H,79,86,90)(H3,67,75,77,87)(H3,68,76,78,88)/p-4/t29-,30-,31+,32+,33+,34-,38-,39-,40-,41?,42?,43?,44?,45?,46+,55+,56+,57+,58+,59+,64-,116?,117?,118?,119?/m0/s1. The summed E-state index contributed by atoms with van der Waals surface area (Å²) in [5.41, 5.74) is 18.5. The number of anilines is 4. The Morgan fingerprint density at radius 3 is 1.67 bits per heavy atom. The number of fused-ring (bicyclic) bond motifs is 5. The lowest BCUT2D eigenvalue weighted by molar-refractivity contribution is -0.238. The van der Waals surface area contributed by atoms with Crippen LogP contribution in [0.15, 0.2) is 61.7 Å². The Hall–Kier alpha value is -6.46. The van der Waals surface area contributed by atoms with E-state index in [1.807, 2.05) is 0 Å². The van der Waals surface area contributed by atoms with Crippen molar-refractivity contribution in [1.82, 2.24) is 77.7 Å². The summed E-state index contributed by atoms with van der Waals surface area (Å²) >= 11 is 22.4. The Kier molecular flexibility index (Phi) is 28.7. The fourth-order valence-electron chi connectivity index (χ4n) is 14.8. The van der Waals surface area contributed by atoms with Crippen LogP contribution in [0, 0.1) is 13.8 Å². The number of nitrogens with one attached hydrogen (secondary N) is 3. The first-order valence-corrected chi connectivity index (χ1v) is 47.9. The summed E-state index contributed by atoms with van der Waals surface area (Å²) in [5.74, 6) is -0.622. The third-order valence-corrected chi connectivity index (χ3v) is 26.9. The van der Waals surface area contributed by atoms with Crippen molar-refractivity contribution in [3.63, 3.8) is 0 Å². The molecule has 2 bridgehead atoms. The van der Waals surface area contributed by atoms with Crippen LogP contribution >= 0.6 is 27.0 Å². The number of aromatic nitrogens is 16. The smallest absolute Gasteiger partial charge is 0.351 e. The maximum atomic E-state index is 15.4. The molecule has 14 heterocycles. The highest BCUT2D eigenvalue weighted by Gasteiger charge is 2.66. The Morgan fingerprint density at radius 1 is 0.585 bits per heavy atom. The highest BCUT2D eigenvalue weighted by Crippen LogP contribution is 2.56. The van der Waals surface area contributed by atoms with Gasteiger partial charge >= 0.3 is 11.4 Å². The fraction of sp³-hybridized carbons (Fsp3) is 0.641. The van der Waals surface area contributed by atoms with E-state index in [0.717, 1.165) is 21.7 Å². The van der Waals surface area contributed by atoms with Crippen LogP contribution < -0.4 is 65.7 Å². The molecule has 9 unspecified atom stereocenters. The van der Waals surface area contributed by atoms with Gasteiger partial charge in [0.25, 0.3) is 16.7 Å². The van der Waals surface area contributed by atoms with Gasteiger partial charge in [0.05, 0.1) is 110 Å². The Labute approximate surface area is 714 Å². The zero-order chi connectivity index (χ0) is 88.1. The van der Waals surface area contributed by atoms with Crippen molar-refractivity contribution < 1.29 is 122 Å². The number of imidazole rings is 3. The normalized spacial score (nSPS) is 30.6. The number of aliphatic hydroxyl groups is 1. The van der Waals surface area contributed by atoms with E-state index in [0.29, 0.717) is 5.56 Å². The first-order valence-electron chi connectivity index (χ1n) is 37.6. The molecule has 51 nitrogen and oxygen atoms in total. The highest BCUT2D eigenvalue weighted by atomic mass is 32.7. The molecule has 8 aromatic heterocycles. The summed E-state index contributed by atoms with van der Waals surface area (Å²) in [7, 11) is 4.18. The number of H-pyrrole nitrogens is 3. The second-order valence-electron chi connectivity index (χ2n) is 28.8. The second kappa shape index (κ2) is 38.1. The monoisotopic (exact) mass is 1880 g/mol. The molecule has 6 fully saturated rings. The van der Waals surface area contributed by atoms with Crippen LogP contribution in [0.3, 0.4) is 0 Å². The minimum atomic E-state index is -5.17. The van der Waals surface area contributed by atoms with E-state index in [-0.39, 0.29) is 109 Å². The van der Waals surface area contributed by atoms with Crippen molar-refractivity contribution in [3.05, 3.63) is 101 Å². The van der Waals surface area contributed by atoms with Gasteiger partial charge in [-0.05, 0) is 34.1 Å². The van der Waals surface area contributed by atoms with Crippen LogP contribution in [0.4, 0.5) is 23.5 Å². The number of hydrogen-bond acceptors (Lipinski definition) is 47. The third kappa shape index (κ3) is 19.8. The maximum absolute atomic E-state index is 15.4. The molecule has 12 N–H and O–H groups in total. The molecule has 0 radical (unpaired) electrons. The lowest BCUT2D eigenvalue weighted by atomic mass is 9.94. The molecular weight excluding hydrogens is 1800 g/mol. The SMILES string of the molecule is CC[C@H]1O[C@@H](n2cnc3c(N)ncnc32)C(OCCOC)[C@H]1OP(=O)([S-])OC[C@H]1O[C@@H](n2cnc3c(=O)[nH]c(N)nc32)C(OCCOC)[C@H]1OP([O-])(=S)OC[C@H]1O[C@@H](n2cc(C)c(=O)[nH]c2=O)C(OCCOC)[C@H]1OP([O-])(=S)OC[C@H](C)OC1[C@@H](OP([O-])(=S)OC[C@]23O[C@@H](n4cnc5c(=O)[nH]c(N)nc54)C(O[C@H]2C)[C@H]3O)CO[C@H]1n1cc(C)c(N)nc1=O. The molecule has 6 aliphatic rings. The van der Waals surface area contributed by atoms with E-state index < -0.39 is 216 Å². The molecule has 0 amide bonds. The van der Waals surface area contributed by atoms with Crippen molar-refractivity contribution in [3.8, 4) is 0 Å². The summed E-state index contributed by atoms with van der Waals surface area (Å²) < 4.78 is 149. The van der Waals surface area contributed by atoms with Crippen molar-refractivity contribution in [2.24, 2.45) is 0 Å². The average molecular weight is 1880 g/mol. The number of aromatic amines is 3. The minimum Gasteiger partial charge on any atom is -0.780 e. The van der Waals surface area contributed by atoms with Crippen LogP contribution in [0.25, 0.3) is 33.5 Å². The number of aryl methyl sites for hydroxylation is 2. The number of nitrogen functional groups attached to an aromatic ring is 4. The van der Waals surface area contributed by atoms with Crippen LogP contribution in [-0.2, 0) is 150 Å². The fourth-order valence-corrected chi connectivity index (χ4v) is 20.6. The summed E-state index contributed by atoms with van der Waals surface area (Å²) in [6, 6.07) is 0. The molecule has 0 spiro atoms. The van der Waals surface area contributed by atoms with Gasteiger partial charge in [-0.1, -0.05) is 42.3 Å². The maximum Gasteiger partial charge on any atom is 0.351 e. The minimum absolute atomic E-state index is 0.000781. The number of hydrogen-bond donors (Lipinski definition) is 8. The molecule has 14 rings (SSSR count). The zero-order valence-corrected chi connectivity index (χ0v) is 73.1. The largest absolute Gasteiger partial charge is 0.780 e. The Morgan fingerprint density at radius 2 is 1.10 bits per heavy atom. The molecule has 676 valence electrons. The summed E-state index contributed by atoms with van der Waals surface area (Å²) in [6.07, 6.45) is -20.3. The first kappa shape index (κ1) is 92.7. The van der Waals surface area contributed by atoms with Crippen LogP contribution in [0.5, 0.6) is 0 Å². The van der Waals surface area contributed by atoms with Crippen molar-refractivity contribution >= 4 is 132 Å². The molecule has 6 saturated heterocycles. The van der Waals surface area contributed by atoms with Gasteiger partial charge < -0.3 is 153 Å². The van der Waals surface area contributed by atoms with E-state index in [4.69, 9.17) is 168 Å². The Bertz CT molecular complexity index is 5680. The van der Waals surface area contributed by atoms with Gasteiger partial charge in [-0.3, -0.25) is 56.7 Å². The number of aliphatic hydroxyl groups excluding tert-OH is 1. The van der Waals surface area contributed by atoms with Crippen LogP contribution in [0.1, 0.15) is 69.5 Å². The molecule has 8 aromatic rings. The van der Waals surface area contributed by atoms with Crippen molar-refractivity contribution in [2.45, 2.75) is 169 Å². The second-order valence-corrected chi connectivity index (χ2v) is 39.6. The van der Waals surface area contributed by atoms with E-state index in [9.17, 15) is 38.5 Å². The number of ether oxygens (including phenoxy) is 13. The molecule has 25 atom stereocenters. The number of nitrogens with two attached hydrogens (primary N) is 4. The highest BCUT2D eigenvalue weighted by molar-refractivity contribution is 8.32. The number of rotatable bonds is 40. The van der Waals surface area contributed by atoms with Gasteiger partial charge in [0.2, 0.25) is 11.9 Å². The van der Waals surface area contributed by atoms with E-state index >= 15 is 9.79 Å². The number of methoxy groups -OCH3 is 3. The zero-order valence-electron chi connectivity index (χ0n) is 66.2. The summed E-state index contributed by atoms with van der Waals surface area (Å²) in [5, 5.41) is 11.7. The molecule has 123 heavy (non-hydrogen) atoms. The van der Waals surface area contributed by atoms with Gasteiger partial charge in [-0.2, -0.15) is 15.0 Å². The van der Waals surface area contributed by atoms with E-state index in [2.05, 4.69) is 54.8 Å². The summed E-state index contributed by atoms with van der Waals surface area (Å²) in [4.78, 5) is 152. The molecule has 6 aliphatic heterocycles. The van der Waals surface area contributed by atoms with Gasteiger partial charge in [0.15, 0.2) is 71.7 Å². The number of nitrogens with zero attached hydrogens (tertiary/aromatic N) is 13. The predicted octanol–water partition coefficient (Wildman–Crippen LogP) is -3.22. The molecule has 59 heteroatoms. The van der Waals surface area contributed by atoms with Crippen LogP contribution in [0.2, 0.25) is 0 Å². The first-order chi connectivity index (χ1) is 58.5. The van der Waals surface area contributed by atoms with Gasteiger partial charge in [-0.15, -0.1) is 0 Å². The topological polar surface area (TPSA) is 665 Å². The molecule has 0 aromatic carbocycles. The van der Waals surface area contributed by atoms with Crippen molar-refractivity contribution in [2.75, 3.05) is 117 Å². The van der Waals surface area contributed by atoms with E-state index in [1.54, 1.807) is 25.3 Å². The van der Waals surface area contributed by atoms with Crippen molar-refractivity contribution in [1.29, 1.82) is 0 Å². The van der Waals surface area contributed by atoms with Gasteiger partial charge in [0.1, 0.15) is 117 Å². The van der Waals surface area contributed by atoms with Crippen LogP contribution in [-0.4, -0.2) is 274 Å². The van der Waals surface area contributed by atoms with Gasteiger partial charge in [0, 0.05) is 44.8 Å². The predicted molar refractivity (Wildman–Crippen MR) is 429 cm³/mol. The lowest BCUT2D eigenvalue weighted by Gasteiger charge is -2.39. The quantitative estimate of drug-likeness (QED) is 0.0106. The molecule has 0 saturated carbocycles. The summed E-state index contributed by atoms with van der Waals surface area (Å²) in [6.45, 7) is -16.7. The Balaban J connectivity index is 0.716. The van der Waals surface area contributed by atoms with Gasteiger partial charge in [-0.25, -0.2) is 34.5 Å². The van der Waals surface area contributed by atoms with E-state index in [1.165, 1.54) is 69.5 Å². The lowest BCUT2D eigenvalue weighted by Crippen LogP contribution is -2.50.